The molecule has 17 heavy (non-hydrogen) atoms. The summed E-state index contributed by atoms with van der Waals surface area (Å²) in [4.78, 5) is 7.02. The predicted octanol–water partition coefficient (Wildman–Crippen LogP) is 1.95. The van der Waals surface area contributed by atoms with Crippen LogP contribution in [-0.2, 0) is 6.54 Å². The van der Waals surface area contributed by atoms with E-state index >= 15 is 0 Å². The first-order valence-corrected chi connectivity index (χ1v) is 6.52. The van der Waals surface area contributed by atoms with Crippen molar-refractivity contribution in [1.29, 1.82) is 0 Å². The molecule has 94 valence electrons. The summed E-state index contributed by atoms with van der Waals surface area (Å²) in [7, 11) is 0. The van der Waals surface area contributed by atoms with Crippen LogP contribution >= 0.6 is 0 Å². The molecule has 0 aliphatic heterocycles. The van der Waals surface area contributed by atoms with Crippen molar-refractivity contribution >= 4 is 0 Å². The fraction of sp³-hybridized carbons (Fsp3) is 0.643. The Balaban J connectivity index is 1.95. The first kappa shape index (κ1) is 12.5. The standard InChI is InChI=1S/C14H23N3/c1-3-17(11-14(10-15)7-8-14)9-13-6-4-5-12(2)16-13/h4-6H,3,7-11,15H2,1-2H3. The first-order chi connectivity index (χ1) is 8.17. The molecular weight excluding hydrogens is 210 g/mol. The Labute approximate surface area is 104 Å². The zero-order chi connectivity index (χ0) is 12.3. The normalized spacial score (nSPS) is 17.4. The number of nitrogens with two attached hydrogens (primary N) is 1. The number of nitrogens with zero attached hydrogens (tertiary/aromatic N) is 2. The van der Waals surface area contributed by atoms with Gasteiger partial charge in [-0.3, -0.25) is 9.88 Å². The molecule has 1 aromatic heterocycles. The summed E-state index contributed by atoms with van der Waals surface area (Å²) in [5, 5.41) is 0. The van der Waals surface area contributed by atoms with Crippen molar-refractivity contribution < 1.29 is 0 Å². The molecule has 0 aromatic carbocycles. The molecule has 0 unspecified atom stereocenters. The fourth-order valence-electron chi connectivity index (χ4n) is 2.27. The van der Waals surface area contributed by atoms with Gasteiger partial charge in [-0.05, 0) is 50.4 Å². The lowest BCUT2D eigenvalue weighted by molar-refractivity contribution is 0.222. The Hall–Kier alpha value is -0.930. The Kier molecular flexibility index (Phi) is 3.79. The van der Waals surface area contributed by atoms with Crippen molar-refractivity contribution in [3.8, 4) is 0 Å². The molecule has 1 heterocycles. The predicted molar refractivity (Wildman–Crippen MR) is 70.6 cm³/mol. The van der Waals surface area contributed by atoms with Crippen LogP contribution in [0.1, 0.15) is 31.2 Å². The molecule has 2 N–H and O–H groups in total. The van der Waals surface area contributed by atoms with Crippen LogP contribution in [0.2, 0.25) is 0 Å². The van der Waals surface area contributed by atoms with E-state index in [1.165, 1.54) is 18.5 Å². The van der Waals surface area contributed by atoms with Crippen LogP contribution in [0.4, 0.5) is 0 Å². The van der Waals surface area contributed by atoms with Crippen molar-refractivity contribution in [2.45, 2.75) is 33.2 Å². The summed E-state index contributed by atoms with van der Waals surface area (Å²) < 4.78 is 0. The van der Waals surface area contributed by atoms with Gasteiger partial charge in [0.25, 0.3) is 0 Å². The summed E-state index contributed by atoms with van der Waals surface area (Å²) in [5.41, 5.74) is 8.53. The van der Waals surface area contributed by atoms with Crippen LogP contribution in [-0.4, -0.2) is 29.5 Å². The highest BCUT2D eigenvalue weighted by Gasteiger charge is 2.42. The van der Waals surface area contributed by atoms with Gasteiger partial charge in [-0.25, -0.2) is 0 Å². The van der Waals surface area contributed by atoms with Gasteiger partial charge in [-0.2, -0.15) is 0 Å². The van der Waals surface area contributed by atoms with E-state index in [4.69, 9.17) is 5.73 Å². The van der Waals surface area contributed by atoms with Crippen LogP contribution < -0.4 is 5.73 Å². The Morgan fingerprint density at radius 3 is 2.71 bits per heavy atom. The lowest BCUT2D eigenvalue weighted by atomic mass is 10.1. The summed E-state index contributed by atoms with van der Waals surface area (Å²) in [6.45, 7) is 8.21. The molecule has 1 aliphatic rings. The molecule has 0 bridgehead atoms. The average molecular weight is 233 g/mol. The summed E-state index contributed by atoms with van der Waals surface area (Å²) >= 11 is 0. The Morgan fingerprint density at radius 2 is 2.18 bits per heavy atom. The molecule has 1 aromatic rings. The van der Waals surface area contributed by atoms with Gasteiger partial charge >= 0.3 is 0 Å². The van der Waals surface area contributed by atoms with Crippen molar-refractivity contribution in [2.75, 3.05) is 19.6 Å². The zero-order valence-electron chi connectivity index (χ0n) is 10.9. The lowest BCUT2D eigenvalue weighted by Gasteiger charge is -2.25. The third-order valence-corrected chi connectivity index (χ3v) is 3.73. The van der Waals surface area contributed by atoms with Crippen LogP contribution in [0, 0.1) is 12.3 Å². The van der Waals surface area contributed by atoms with Crippen molar-refractivity contribution in [3.63, 3.8) is 0 Å². The molecule has 1 aliphatic carbocycles. The largest absolute Gasteiger partial charge is 0.330 e. The second-order valence-corrected chi connectivity index (χ2v) is 5.28. The third kappa shape index (κ3) is 3.27. The minimum Gasteiger partial charge on any atom is -0.330 e. The van der Waals surface area contributed by atoms with Gasteiger partial charge in [0.15, 0.2) is 0 Å². The van der Waals surface area contributed by atoms with Gasteiger partial charge in [-0.15, -0.1) is 0 Å². The maximum Gasteiger partial charge on any atom is 0.0547 e. The molecular formula is C14H23N3. The van der Waals surface area contributed by atoms with E-state index in [2.05, 4.69) is 28.9 Å². The van der Waals surface area contributed by atoms with E-state index < -0.39 is 0 Å². The second-order valence-electron chi connectivity index (χ2n) is 5.28. The summed E-state index contributed by atoms with van der Waals surface area (Å²) in [5.74, 6) is 0. The second kappa shape index (κ2) is 5.15. The van der Waals surface area contributed by atoms with Gasteiger partial charge in [0.05, 0.1) is 5.69 Å². The highest BCUT2D eigenvalue weighted by atomic mass is 15.1. The average Bonchev–Trinajstić information content (AvgIpc) is 3.09. The van der Waals surface area contributed by atoms with Crippen LogP contribution in [0.15, 0.2) is 18.2 Å². The molecule has 0 amide bonds. The highest BCUT2D eigenvalue weighted by molar-refractivity contribution is 5.10. The van der Waals surface area contributed by atoms with E-state index in [9.17, 15) is 0 Å². The van der Waals surface area contributed by atoms with E-state index in [1.54, 1.807) is 0 Å². The molecule has 3 heteroatoms. The van der Waals surface area contributed by atoms with E-state index in [1.807, 2.05) is 13.0 Å². The van der Waals surface area contributed by atoms with Crippen molar-refractivity contribution in [2.24, 2.45) is 11.1 Å². The minimum atomic E-state index is 0.417. The maximum atomic E-state index is 5.85. The smallest absolute Gasteiger partial charge is 0.0547 e. The highest BCUT2D eigenvalue weighted by Crippen LogP contribution is 2.45. The van der Waals surface area contributed by atoms with Crippen LogP contribution in [0.5, 0.6) is 0 Å². The SMILES string of the molecule is CCN(Cc1cccc(C)n1)CC1(CN)CC1. The molecule has 1 fully saturated rings. The van der Waals surface area contributed by atoms with E-state index in [0.717, 1.165) is 31.9 Å². The van der Waals surface area contributed by atoms with E-state index in [-0.39, 0.29) is 0 Å². The quantitative estimate of drug-likeness (QED) is 0.816. The van der Waals surface area contributed by atoms with Gasteiger partial charge < -0.3 is 5.73 Å². The summed E-state index contributed by atoms with van der Waals surface area (Å²) in [6.07, 6.45) is 2.59. The molecule has 1 saturated carbocycles. The number of aryl methyl sites for hydroxylation is 1. The lowest BCUT2D eigenvalue weighted by Crippen LogP contribution is -2.34. The number of aromatic nitrogens is 1. The topological polar surface area (TPSA) is 42.2 Å². The summed E-state index contributed by atoms with van der Waals surface area (Å²) in [6, 6.07) is 6.24. The molecule has 2 rings (SSSR count). The fourth-order valence-corrected chi connectivity index (χ4v) is 2.27. The van der Waals surface area contributed by atoms with Gasteiger partial charge in [0, 0.05) is 18.8 Å². The number of pyridine rings is 1. The van der Waals surface area contributed by atoms with E-state index in [0.29, 0.717) is 5.41 Å². The third-order valence-electron chi connectivity index (χ3n) is 3.73. The molecule has 0 radical (unpaired) electrons. The minimum absolute atomic E-state index is 0.417. The van der Waals surface area contributed by atoms with Crippen molar-refractivity contribution in [3.05, 3.63) is 29.6 Å². The molecule has 0 saturated heterocycles. The molecule has 3 nitrogen and oxygen atoms in total. The zero-order valence-corrected chi connectivity index (χ0v) is 10.9. The Morgan fingerprint density at radius 1 is 1.41 bits per heavy atom. The number of rotatable bonds is 6. The molecule has 0 atom stereocenters. The van der Waals surface area contributed by atoms with Gasteiger partial charge in [0.1, 0.15) is 0 Å². The number of hydrogen-bond acceptors (Lipinski definition) is 3. The van der Waals surface area contributed by atoms with Gasteiger partial charge in [0.2, 0.25) is 0 Å². The van der Waals surface area contributed by atoms with Crippen molar-refractivity contribution in [1.82, 2.24) is 9.88 Å². The number of hydrogen-bond donors (Lipinski definition) is 1. The van der Waals surface area contributed by atoms with Gasteiger partial charge in [-0.1, -0.05) is 13.0 Å². The van der Waals surface area contributed by atoms with Crippen LogP contribution in [0.3, 0.4) is 0 Å². The first-order valence-electron chi connectivity index (χ1n) is 6.52. The molecule has 0 spiro atoms. The monoisotopic (exact) mass is 233 g/mol. The maximum absolute atomic E-state index is 5.85. The van der Waals surface area contributed by atoms with Crippen LogP contribution in [0.25, 0.3) is 0 Å². The Bertz CT molecular complexity index is 371.